The molecule has 2 fully saturated rings. The van der Waals surface area contributed by atoms with E-state index in [1.54, 1.807) is 0 Å². The minimum absolute atomic E-state index is 0. The molecule has 1 aromatic carbocycles. The first kappa shape index (κ1) is 20.5. The summed E-state index contributed by atoms with van der Waals surface area (Å²) in [5.41, 5.74) is 2.76. The standard InChI is InChI=1S/C20H32N4.HI/c1-21-20(22-14-17-9-10-17)23-15-18-7-6-8-19(13-18)16-24-11-4-2-3-5-12-24;/h6-8,13,17H,2-5,9-12,14-16H2,1H3,(H2,21,22,23);1H. The molecule has 140 valence electrons. The Morgan fingerprint density at radius 1 is 1.08 bits per heavy atom. The van der Waals surface area contributed by atoms with Crippen molar-refractivity contribution >= 4 is 29.9 Å². The van der Waals surface area contributed by atoms with Crippen LogP contribution in [-0.2, 0) is 13.1 Å². The molecular formula is C20H33IN4. The van der Waals surface area contributed by atoms with Crippen molar-refractivity contribution in [2.75, 3.05) is 26.7 Å². The Morgan fingerprint density at radius 2 is 1.80 bits per heavy atom. The summed E-state index contributed by atoms with van der Waals surface area (Å²) in [5.74, 6) is 1.78. The van der Waals surface area contributed by atoms with E-state index >= 15 is 0 Å². The normalized spacial score (nSPS) is 19.0. The average Bonchev–Trinajstić information content (AvgIpc) is 3.43. The monoisotopic (exact) mass is 456 g/mol. The Hall–Kier alpha value is -0.820. The van der Waals surface area contributed by atoms with Crippen LogP contribution in [-0.4, -0.2) is 37.5 Å². The molecular weight excluding hydrogens is 423 g/mol. The number of nitrogens with zero attached hydrogens (tertiary/aromatic N) is 2. The van der Waals surface area contributed by atoms with Crippen molar-refractivity contribution in [1.82, 2.24) is 15.5 Å². The van der Waals surface area contributed by atoms with Gasteiger partial charge in [0.2, 0.25) is 0 Å². The summed E-state index contributed by atoms with van der Waals surface area (Å²) in [7, 11) is 1.85. The molecule has 1 aliphatic heterocycles. The average molecular weight is 456 g/mol. The van der Waals surface area contributed by atoms with E-state index in [4.69, 9.17) is 0 Å². The van der Waals surface area contributed by atoms with E-state index in [9.17, 15) is 0 Å². The highest BCUT2D eigenvalue weighted by Crippen LogP contribution is 2.27. The summed E-state index contributed by atoms with van der Waals surface area (Å²) in [5, 5.41) is 6.85. The number of halogens is 1. The first-order valence-electron chi connectivity index (χ1n) is 9.58. The molecule has 0 atom stereocenters. The molecule has 0 radical (unpaired) electrons. The topological polar surface area (TPSA) is 39.7 Å². The number of aliphatic imine (C=N–C) groups is 1. The summed E-state index contributed by atoms with van der Waals surface area (Å²) in [6.45, 7) is 5.47. The number of hydrogen-bond acceptors (Lipinski definition) is 2. The van der Waals surface area contributed by atoms with Gasteiger partial charge in [-0.25, -0.2) is 0 Å². The van der Waals surface area contributed by atoms with Crippen LogP contribution in [0.3, 0.4) is 0 Å². The van der Waals surface area contributed by atoms with Crippen molar-refractivity contribution in [1.29, 1.82) is 0 Å². The molecule has 0 unspecified atom stereocenters. The van der Waals surface area contributed by atoms with Crippen LogP contribution in [0.1, 0.15) is 49.7 Å². The van der Waals surface area contributed by atoms with E-state index in [0.717, 1.165) is 31.5 Å². The number of hydrogen-bond donors (Lipinski definition) is 2. The lowest BCUT2D eigenvalue weighted by molar-refractivity contribution is 0.277. The molecule has 3 rings (SSSR count). The van der Waals surface area contributed by atoms with E-state index in [0.29, 0.717) is 0 Å². The fourth-order valence-electron chi connectivity index (χ4n) is 3.36. The van der Waals surface area contributed by atoms with E-state index in [-0.39, 0.29) is 24.0 Å². The summed E-state index contributed by atoms with van der Waals surface area (Å²) >= 11 is 0. The van der Waals surface area contributed by atoms with Gasteiger partial charge < -0.3 is 10.6 Å². The van der Waals surface area contributed by atoms with Gasteiger partial charge in [0.15, 0.2) is 5.96 Å². The van der Waals surface area contributed by atoms with Crippen LogP contribution in [0.2, 0.25) is 0 Å². The molecule has 2 aliphatic rings. The lowest BCUT2D eigenvalue weighted by Gasteiger charge is -2.20. The predicted octanol–water partition coefficient (Wildman–Crippen LogP) is 3.76. The largest absolute Gasteiger partial charge is 0.356 e. The third kappa shape index (κ3) is 7.52. The van der Waals surface area contributed by atoms with Crippen molar-refractivity contribution < 1.29 is 0 Å². The number of likely N-dealkylation sites (tertiary alicyclic amines) is 1. The van der Waals surface area contributed by atoms with E-state index in [2.05, 4.69) is 44.8 Å². The number of benzene rings is 1. The Labute approximate surface area is 169 Å². The second-order valence-corrected chi connectivity index (χ2v) is 7.26. The zero-order chi connectivity index (χ0) is 16.6. The minimum atomic E-state index is 0. The zero-order valence-corrected chi connectivity index (χ0v) is 17.8. The van der Waals surface area contributed by atoms with Crippen molar-refractivity contribution in [2.24, 2.45) is 10.9 Å². The van der Waals surface area contributed by atoms with Crippen LogP contribution < -0.4 is 10.6 Å². The van der Waals surface area contributed by atoms with Crippen LogP contribution >= 0.6 is 24.0 Å². The third-order valence-corrected chi connectivity index (χ3v) is 5.03. The van der Waals surface area contributed by atoms with Gasteiger partial charge in [0.1, 0.15) is 0 Å². The summed E-state index contributed by atoms with van der Waals surface area (Å²) < 4.78 is 0. The lowest BCUT2D eigenvalue weighted by Crippen LogP contribution is -2.37. The van der Waals surface area contributed by atoms with Crippen molar-refractivity contribution in [2.45, 2.75) is 51.6 Å². The second kappa shape index (κ2) is 11.0. The van der Waals surface area contributed by atoms with Crippen LogP contribution in [0, 0.1) is 5.92 Å². The maximum atomic E-state index is 4.32. The highest BCUT2D eigenvalue weighted by atomic mass is 127. The van der Waals surface area contributed by atoms with Crippen molar-refractivity contribution in [3.8, 4) is 0 Å². The van der Waals surface area contributed by atoms with Gasteiger partial charge in [-0.05, 0) is 55.8 Å². The van der Waals surface area contributed by atoms with E-state index < -0.39 is 0 Å². The quantitative estimate of drug-likeness (QED) is 0.389. The maximum Gasteiger partial charge on any atom is 0.191 e. The number of rotatable bonds is 6. The van der Waals surface area contributed by atoms with Gasteiger partial charge in [-0.2, -0.15) is 0 Å². The molecule has 2 N–H and O–H groups in total. The van der Waals surface area contributed by atoms with Gasteiger partial charge in [-0.15, -0.1) is 24.0 Å². The van der Waals surface area contributed by atoms with Gasteiger partial charge >= 0.3 is 0 Å². The van der Waals surface area contributed by atoms with Crippen LogP contribution in [0.15, 0.2) is 29.3 Å². The van der Waals surface area contributed by atoms with Gasteiger partial charge in [0.25, 0.3) is 0 Å². The molecule has 1 saturated heterocycles. The molecule has 0 amide bonds. The van der Waals surface area contributed by atoms with Gasteiger partial charge in [0.05, 0.1) is 0 Å². The SMILES string of the molecule is CN=C(NCc1cccc(CN2CCCCCC2)c1)NCC1CC1.I. The molecule has 5 heteroatoms. The molecule has 0 aromatic heterocycles. The van der Waals surface area contributed by atoms with E-state index in [1.807, 2.05) is 7.05 Å². The number of guanidine groups is 1. The summed E-state index contributed by atoms with van der Waals surface area (Å²) in [6.07, 6.45) is 8.22. The highest BCUT2D eigenvalue weighted by molar-refractivity contribution is 14.0. The predicted molar refractivity (Wildman–Crippen MR) is 117 cm³/mol. The Kier molecular flexibility index (Phi) is 9.03. The highest BCUT2D eigenvalue weighted by Gasteiger charge is 2.21. The molecule has 1 aliphatic carbocycles. The van der Waals surface area contributed by atoms with Crippen LogP contribution in [0.5, 0.6) is 0 Å². The molecule has 1 saturated carbocycles. The third-order valence-electron chi connectivity index (χ3n) is 5.03. The Balaban J connectivity index is 0.00000225. The van der Waals surface area contributed by atoms with Crippen LogP contribution in [0.4, 0.5) is 0 Å². The summed E-state index contributed by atoms with van der Waals surface area (Å²) in [4.78, 5) is 6.92. The Morgan fingerprint density at radius 3 is 2.48 bits per heavy atom. The molecule has 1 aromatic rings. The number of nitrogens with one attached hydrogen (secondary N) is 2. The summed E-state index contributed by atoms with van der Waals surface area (Å²) in [6, 6.07) is 8.98. The fourth-order valence-corrected chi connectivity index (χ4v) is 3.36. The van der Waals surface area contributed by atoms with Gasteiger partial charge in [-0.1, -0.05) is 37.1 Å². The smallest absolute Gasteiger partial charge is 0.191 e. The van der Waals surface area contributed by atoms with Gasteiger partial charge in [0, 0.05) is 26.7 Å². The van der Waals surface area contributed by atoms with E-state index in [1.165, 1.54) is 62.7 Å². The van der Waals surface area contributed by atoms with Crippen molar-refractivity contribution in [3.05, 3.63) is 35.4 Å². The van der Waals surface area contributed by atoms with Crippen molar-refractivity contribution in [3.63, 3.8) is 0 Å². The van der Waals surface area contributed by atoms with Gasteiger partial charge in [-0.3, -0.25) is 9.89 Å². The fraction of sp³-hybridized carbons (Fsp3) is 0.650. The first-order valence-corrected chi connectivity index (χ1v) is 9.58. The Bertz CT molecular complexity index is 534. The molecule has 0 spiro atoms. The molecule has 1 heterocycles. The minimum Gasteiger partial charge on any atom is -0.356 e. The second-order valence-electron chi connectivity index (χ2n) is 7.26. The molecule has 4 nitrogen and oxygen atoms in total. The van der Waals surface area contributed by atoms with Crippen LogP contribution in [0.25, 0.3) is 0 Å². The lowest BCUT2D eigenvalue weighted by atomic mass is 10.1. The zero-order valence-electron chi connectivity index (χ0n) is 15.5. The molecule has 0 bridgehead atoms. The first-order chi connectivity index (χ1) is 11.8. The molecule has 25 heavy (non-hydrogen) atoms. The maximum absolute atomic E-state index is 4.32.